The molecular weight excluding hydrogens is 258 g/mol. The van der Waals surface area contributed by atoms with Gasteiger partial charge in [0.15, 0.2) is 0 Å². The molecule has 21 heavy (non-hydrogen) atoms. The molecule has 2 heterocycles. The first-order valence-corrected chi connectivity index (χ1v) is 8.39. The van der Waals surface area contributed by atoms with Crippen molar-refractivity contribution in [2.75, 3.05) is 32.7 Å². The summed E-state index contributed by atoms with van der Waals surface area (Å²) in [6, 6.07) is 4.27. The number of pyridine rings is 1. The van der Waals surface area contributed by atoms with Gasteiger partial charge in [-0.1, -0.05) is 12.2 Å². The van der Waals surface area contributed by atoms with Crippen LogP contribution >= 0.6 is 0 Å². The van der Waals surface area contributed by atoms with Gasteiger partial charge in [0, 0.05) is 51.7 Å². The van der Waals surface area contributed by atoms with Crippen molar-refractivity contribution >= 4 is 0 Å². The van der Waals surface area contributed by atoms with Crippen LogP contribution in [0.15, 0.2) is 36.7 Å². The van der Waals surface area contributed by atoms with E-state index in [0.29, 0.717) is 0 Å². The van der Waals surface area contributed by atoms with E-state index in [1.807, 2.05) is 12.4 Å². The molecule has 3 heteroatoms. The average Bonchev–Trinajstić information content (AvgIpc) is 3.13. The van der Waals surface area contributed by atoms with Crippen LogP contribution in [0.5, 0.6) is 0 Å². The molecule has 2 bridgehead atoms. The van der Waals surface area contributed by atoms with Gasteiger partial charge in [-0.2, -0.15) is 0 Å². The molecule has 2 aliphatic carbocycles. The minimum absolute atomic E-state index is 0.893. The van der Waals surface area contributed by atoms with E-state index < -0.39 is 0 Å². The Hall–Kier alpha value is -1.19. The van der Waals surface area contributed by atoms with E-state index >= 15 is 0 Å². The zero-order valence-corrected chi connectivity index (χ0v) is 12.7. The number of nitrogens with zero attached hydrogens (tertiary/aromatic N) is 3. The average molecular weight is 283 g/mol. The van der Waals surface area contributed by atoms with E-state index in [9.17, 15) is 0 Å². The van der Waals surface area contributed by atoms with E-state index in [2.05, 4.69) is 39.1 Å². The third-order valence-corrected chi connectivity index (χ3v) is 5.53. The van der Waals surface area contributed by atoms with Crippen molar-refractivity contribution in [3.8, 4) is 0 Å². The van der Waals surface area contributed by atoms with Crippen LogP contribution in [0.25, 0.3) is 0 Å². The number of allylic oxidation sites excluding steroid dienone is 2. The molecule has 1 saturated heterocycles. The molecule has 0 radical (unpaired) electrons. The zero-order chi connectivity index (χ0) is 14.1. The molecule has 2 fully saturated rings. The lowest BCUT2D eigenvalue weighted by molar-refractivity contribution is 0.108. The van der Waals surface area contributed by atoms with E-state index in [-0.39, 0.29) is 0 Å². The molecule has 1 saturated carbocycles. The lowest BCUT2D eigenvalue weighted by atomic mass is 9.93. The van der Waals surface area contributed by atoms with E-state index in [0.717, 1.165) is 24.3 Å². The van der Waals surface area contributed by atoms with Crippen LogP contribution in [0.4, 0.5) is 0 Å². The van der Waals surface area contributed by atoms with Gasteiger partial charge in [-0.05, 0) is 48.3 Å². The summed E-state index contributed by atoms with van der Waals surface area (Å²) in [6.07, 6.45) is 11.6. The summed E-state index contributed by atoms with van der Waals surface area (Å²) >= 11 is 0. The summed E-state index contributed by atoms with van der Waals surface area (Å²) in [4.78, 5) is 9.37. The maximum absolute atomic E-state index is 4.09. The largest absolute Gasteiger partial charge is 0.300 e. The Kier molecular flexibility index (Phi) is 3.78. The van der Waals surface area contributed by atoms with Crippen molar-refractivity contribution in [2.45, 2.75) is 19.4 Å². The van der Waals surface area contributed by atoms with Crippen molar-refractivity contribution in [1.82, 2.24) is 14.8 Å². The number of hydrogen-bond donors (Lipinski definition) is 0. The molecule has 1 aliphatic heterocycles. The fourth-order valence-corrected chi connectivity index (χ4v) is 4.31. The van der Waals surface area contributed by atoms with Crippen LogP contribution in [0.1, 0.15) is 18.4 Å². The molecule has 4 rings (SSSR count). The Morgan fingerprint density at radius 3 is 2.38 bits per heavy atom. The van der Waals surface area contributed by atoms with E-state index in [1.54, 1.807) is 0 Å². The summed E-state index contributed by atoms with van der Waals surface area (Å²) in [6.45, 7) is 7.30. The second-order valence-electron chi connectivity index (χ2n) is 6.97. The summed E-state index contributed by atoms with van der Waals surface area (Å²) in [5.74, 6) is 2.74. The van der Waals surface area contributed by atoms with Crippen LogP contribution in [0.2, 0.25) is 0 Å². The van der Waals surface area contributed by atoms with Crippen molar-refractivity contribution in [3.05, 3.63) is 42.2 Å². The molecule has 0 spiro atoms. The molecular formula is C18H25N3. The normalized spacial score (nSPS) is 32.9. The second-order valence-corrected chi connectivity index (χ2v) is 6.97. The molecule has 1 aromatic rings. The standard InChI is InChI=1S/C18H25N3/c1-2-17-11-16(1)12-18(17)14-21-9-7-20(8-10-21)13-15-3-5-19-6-4-15/h1-6,16-18H,7-14H2. The minimum Gasteiger partial charge on any atom is -0.300 e. The molecule has 3 nitrogen and oxygen atoms in total. The van der Waals surface area contributed by atoms with Gasteiger partial charge in [0.05, 0.1) is 0 Å². The van der Waals surface area contributed by atoms with Crippen LogP contribution < -0.4 is 0 Å². The Bertz CT molecular complexity index is 490. The summed E-state index contributed by atoms with van der Waals surface area (Å²) in [5, 5.41) is 0. The smallest absolute Gasteiger partial charge is 0.0271 e. The van der Waals surface area contributed by atoms with Crippen molar-refractivity contribution in [1.29, 1.82) is 0 Å². The molecule has 3 unspecified atom stereocenters. The maximum atomic E-state index is 4.09. The fraction of sp³-hybridized carbons (Fsp3) is 0.611. The highest BCUT2D eigenvalue weighted by Gasteiger charge is 2.36. The number of rotatable bonds is 4. The van der Waals surface area contributed by atoms with Crippen LogP contribution in [0.3, 0.4) is 0 Å². The minimum atomic E-state index is 0.893. The van der Waals surface area contributed by atoms with Gasteiger partial charge in [0.2, 0.25) is 0 Å². The van der Waals surface area contributed by atoms with E-state index in [4.69, 9.17) is 0 Å². The Morgan fingerprint density at radius 1 is 0.952 bits per heavy atom. The Balaban J connectivity index is 1.24. The summed E-state index contributed by atoms with van der Waals surface area (Å²) < 4.78 is 0. The second kappa shape index (κ2) is 5.90. The highest BCUT2D eigenvalue weighted by atomic mass is 15.3. The van der Waals surface area contributed by atoms with Gasteiger partial charge in [0.25, 0.3) is 0 Å². The predicted octanol–water partition coefficient (Wildman–Crippen LogP) is 2.41. The number of aromatic nitrogens is 1. The highest BCUT2D eigenvalue weighted by Crippen LogP contribution is 2.43. The van der Waals surface area contributed by atoms with Gasteiger partial charge in [-0.15, -0.1) is 0 Å². The topological polar surface area (TPSA) is 19.4 Å². The van der Waals surface area contributed by atoms with Crippen molar-refractivity contribution in [2.24, 2.45) is 17.8 Å². The third-order valence-electron chi connectivity index (χ3n) is 5.53. The van der Waals surface area contributed by atoms with Gasteiger partial charge < -0.3 is 4.90 Å². The van der Waals surface area contributed by atoms with E-state index in [1.165, 1.54) is 51.1 Å². The Labute approximate surface area is 127 Å². The van der Waals surface area contributed by atoms with Crippen LogP contribution in [-0.4, -0.2) is 47.5 Å². The SMILES string of the molecule is C1=CC2CC1CC2CN1CCN(Cc2ccncc2)CC1. The quantitative estimate of drug-likeness (QED) is 0.791. The molecule has 3 aliphatic rings. The first-order valence-electron chi connectivity index (χ1n) is 8.39. The predicted molar refractivity (Wildman–Crippen MR) is 84.8 cm³/mol. The number of hydrogen-bond acceptors (Lipinski definition) is 3. The lowest BCUT2D eigenvalue weighted by Crippen LogP contribution is -2.47. The number of piperazine rings is 1. The molecule has 112 valence electrons. The Morgan fingerprint density at radius 2 is 1.71 bits per heavy atom. The fourth-order valence-electron chi connectivity index (χ4n) is 4.31. The zero-order valence-electron chi connectivity index (χ0n) is 12.7. The molecule has 0 N–H and O–H groups in total. The maximum Gasteiger partial charge on any atom is 0.0271 e. The van der Waals surface area contributed by atoms with Gasteiger partial charge in [-0.3, -0.25) is 9.88 Å². The molecule has 1 aromatic heterocycles. The first kappa shape index (κ1) is 13.5. The van der Waals surface area contributed by atoms with Gasteiger partial charge >= 0.3 is 0 Å². The van der Waals surface area contributed by atoms with Crippen LogP contribution in [0, 0.1) is 17.8 Å². The molecule has 0 amide bonds. The van der Waals surface area contributed by atoms with Gasteiger partial charge in [0.1, 0.15) is 0 Å². The van der Waals surface area contributed by atoms with Crippen LogP contribution in [-0.2, 0) is 6.54 Å². The number of fused-ring (bicyclic) bond motifs is 2. The third kappa shape index (κ3) is 3.04. The molecule has 0 aromatic carbocycles. The lowest BCUT2D eigenvalue weighted by Gasteiger charge is -2.37. The summed E-state index contributed by atoms with van der Waals surface area (Å²) in [7, 11) is 0. The van der Waals surface area contributed by atoms with Gasteiger partial charge in [-0.25, -0.2) is 0 Å². The monoisotopic (exact) mass is 283 g/mol. The van der Waals surface area contributed by atoms with Crippen molar-refractivity contribution < 1.29 is 0 Å². The van der Waals surface area contributed by atoms with Crippen molar-refractivity contribution in [3.63, 3.8) is 0 Å². The first-order chi connectivity index (χ1) is 10.4. The molecule has 3 atom stereocenters. The highest BCUT2D eigenvalue weighted by molar-refractivity contribution is 5.11. The summed E-state index contributed by atoms with van der Waals surface area (Å²) in [5.41, 5.74) is 1.39.